The predicted octanol–water partition coefficient (Wildman–Crippen LogP) is 3.80. The minimum atomic E-state index is -3.79. The quantitative estimate of drug-likeness (QED) is 0.828. The number of anilines is 1. The van der Waals surface area contributed by atoms with Crippen LogP contribution in [0.3, 0.4) is 0 Å². The molecule has 1 amide bonds. The molecule has 7 heteroatoms. The molecule has 0 spiro atoms. The van der Waals surface area contributed by atoms with Crippen molar-refractivity contribution in [3.05, 3.63) is 24.3 Å². The summed E-state index contributed by atoms with van der Waals surface area (Å²) in [6, 6.07) is 6.40. The second kappa shape index (κ2) is 8.87. The maximum absolute atomic E-state index is 12.7. The number of hydrogen-bond donors (Lipinski definition) is 1. The van der Waals surface area contributed by atoms with E-state index in [1.165, 1.54) is 25.0 Å². The lowest BCUT2D eigenvalue weighted by molar-refractivity contribution is -0.117. The van der Waals surface area contributed by atoms with Crippen LogP contribution in [0.25, 0.3) is 0 Å². The standard InChI is InChI=1S/C20H29N3O3S/c1-23-13-6-2-3-12-19(23)22-27(25,26)18-11-7-10-17(15-18)21-20(24)14-16-8-4-5-9-16/h7,10-11,15-16H,2-6,8-9,12-14H2,1H3,(H,21,24)/b22-19+. The van der Waals surface area contributed by atoms with E-state index in [1.54, 1.807) is 12.1 Å². The maximum atomic E-state index is 12.7. The Morgan fingerprint density at radius 3 is 2.74 bits per heavy atom. The third-order valence-corrected chi connectivity index (χ3v) is 6.73. The molecule has 0 aromatic heterocycles. The molecule has 2 aliphatic rings. The molecule has 27 heavy (non-hydrogen) atoms. The van der Waals surface area contributed by atoms with E-state index in [4.69, 9.17) is 0 Å². The zero-order chi connectivity index (χ0) is 19.3. The summed E-state index contributed by atoms with van der Waals surface area (Å²) in [5.41, 5.74) is 0.508. The molecule has 1 heterocycles. The van der Waals surface area contributed by atoms with Crippen LogP contribution in [0.15, 0.2) is 33.6 Å². The first kappa shape index (κ1) is 19.9. The molecular weight excluding hydrogens is 362 g/mol. The molecule has 0 unspecified atom stereocenters. The zero-order valence-electron chi connectivity index (χ0n) is 16.0. The number of benzene rings is 1. The van der Waals surface area contributed by atoms with Crippen molar-refractivity contribution in [1.82, 2.24) is 4.90 Å². The average Bonchev–Trinajstić information content (AvgIpc) is 3.05. The number of nitrogens with one attached hydrogen (secondary N) is 1. The largest absolute Gasteiger partial charge is 0.362 e. The molecule has 0 radical (unpaired) electrons. The van der Waals surface area contributed by atoms with Crippen LogP contribution in [0.2, 0.25) is 0 Å². The summed E-state index contributed by atoms with van der Waals surface area (Å²) in [6.07, 6.45) is 8.87. The number of carbonyl (C=O) groups is 1. The molecule has 148 valence electrons. The Bertz CT molecular complexity index is 798. The summed E-state index contributed by atoms with van der Waals surface area (Å²) < 4.78 is 29.6. The summed E-state index contributed by atoms with van der Waals surface area (Å²) in [5.74, 6) is 1.02. The van der Waals surface area contributed by atoms with Crippen LogP contribution in [-0.4, -0.2) is 38.7 Å². The lowest BCUT2D eigenvalue weighted by Crippen LogP contribution is -2.26. The number of carbonyl (C=O) groups excluding carboxylic acids is 1. The fourth-order valence-corrected chi connectivity index (χ4v) is 5.00. The van der Waals surface area contributed by atoms with Gasteiger partial charge in [-0.2, -0.15) is 8.42 Å². The van der Waals surface area contributed by atoms with Crippen molar-refractivity contribution < 1.29 is 13.2 Å². The van der Waals surface area contributed by atoms with Gasteiger partial charge in [-0.1, -0.05) is 25.3 Å². The van der Waals surface area contributed by atoms with E-state index in [0.717, 1.165) is 38.6 Å². The molecule has 0 bridgehead atoms. The SMILES string of the molecule is CN1CCCCC/C1=N\S(=O)(=O)c1cccc(NC(=O)CC2CCCC2)c1. The second-order valence-electron chi connectivity index (χ2n) is 7.65. The Morgan fingerprint density at radius 2 is 1.96 bits per heavy atom. The van der Waals surface area contributed by atoms with Crippen molar-refractivity contribution in [3.63, 3.8) is 0 Å². The van der Waals surface area contributed by atoms with Crippen molar-refractivity contribution in [1.29, 1.82) is 0 Å². The molecule has 1 saturated carbocycles. The van der Waals surface area contributed by atoms with Crippen molar-refractivity contribution in [2.45, 2.75) is 62.7 Å². The molecule has 1 aliphatic carbocycles. The first-order chi connectivity index (χ1) is 12.9. The molecule has 1 aliphatic heterocycles. The van der Waals surface area contributed by atoms with Gasteiger partial charge in [0, 0.05) is 32.1 Å². The highest BCUT2D eigenvalue weighted by Crippen LogP contribution is 2.28. The third-order valence-electron chi connectivity index (χ3n) is 5.42. The Morgan fingerprint density at radius 1 is 1.19 bits per heavy atom. The van der Waals surface area contributed by atoms with Gasteiger partial charge in [0.2, 0.25) is 5.91 Å². The molecule has 2 fully saturated rings. The topological polar surface area (TPSA) is 78.8 Å². The zero-order valence-corrected chi connectivity index (χ0v) is 16.8. The fourth-order valence-electron chi connectivity index (χ4n) is 3.86. The van der Waals surface area contributed by atoms with Gasteiger partial charge in [0.1, 0.15) is 5.84 Å². The first-order valence-electron chi connectivity index (χ1n) is 9.89. The van der Waals surface area contributed by atoms with Crippen LogP contribution in [0.5, 0.6) is 0 Å². The van der Waals surface area contributed by atoms with Gasteiger partial charge >= 0.3 is 0 Å². The molecular formula is C20H29N3O3S. The summed E-state index contributed by atoms with van der Waals surface area (Å²) in [5, 5.41) is 2.84. The summed E-state index contributed by atoms with van der Waals surface area (Å²) in [7, 11) is -1.91. The smallest absolute Gasteiger partial charge is 0.284 e. The number of nitrogens with zero attached hydrogens (tertiary/aromatic N) is 2. The van der Waals surface area contributed by atoms with E-state index in [9.17, 15) is 13.2 Å². The van der Waals surface area contributed by atoms with Gasteiger partial charge in [-0.25, -0.2) is 0 Å². The number of amides is 1. The van der Waals surface area contributed by atoms with Crippen LogP contribution in [0.4, 0.5) is 5.69 Å². The molecule has 0 atom stereocenters. The van der Waals surface area contributed by atoms with Gasteiger partial charge in [0.15, 0.2) is 0 Å². The van der Waals surface area contributed by atoms with Crippen LogP contribution in [-0.2, 0) is 14.8 Å². The first-order valence-corrected chi connectivity index (χ1v) is 11.3. The second-order valence-corrected chi connectivity index (χ2v) is 9.25. The van der Waals surface area contributed by atoms with Gasteiger partial charge in [-0.05, 0) is 49.8 Å². The van der Waals surface area contributed by atoms with Crippen LogP contribution in [0, 0.1) is 5.92 Å². The van der Waals surface area contributed by atoms with Gasteiger partial charge in [-0.3, -0.25) is 4.79 Å². The van der Waals surface area contributed by atoms with Gasteiger partial charge in [-0.15, -0.1) is 4.40 Å². The minimum absolute atomic E-state index is 0.0498. The van der Waals surface area contributed by atoms with Gasteiger partial charge in [0.25, 0.3) is 10.0 Å². The number of rotatable bonds is 5. The molecule has 1 saturated heterocycles. The Kier molecular flexibility index (Phi) is 6.52. The van der Waals surface area contributed by atoms with Gasteiger partial charge < -0.3 is 10.2 Å². The highest BCUT2D eigenvalue weighted by Gasteiger charge is 2.20. The third kappa shape index (κ3) is 5.54. The number of likely N-dealkylation sites (tertiary alicyclic amines) is 1. The molecule has 3 rings (SSSR count). The number of hydrogen-bond acceptors (Lipinski definition) is 3. The lowest BCUT2D eigenvalue weighted by atomic mass is 10.0. The van der Waals surface area contributed by atoms with Crippen LogP contribution >= 0.6 is 0 Å². The van der Waals surface area contributed by atoms with E-state index in [1.807, 2.05) is 11.9 Å². The highest BCUT2D eigenvalue weighted by molar-refractivity contribution is 7.90. The number of sulfonamides is 1. The molecule has 1 aromatic rings. The van der Waals surface area contributed by atoms with E-state index >= 15 is 0 Å². The van der Waals surface area contributed by atoms with E-state index in [2.05, 4.69) is 9.71 Å². The van der Waals surface area contributed by atoms with Crippen molar-refractivity contribution in [2.24, 2.45) is 10.3 Å². The number of amidine groups is 1. The van der Waals surface area contributed by atoms with E-state index in [-0.39, 0.29) is 10.8 Å². The maximum Gasteiger partial charge on any atom is 0.284 e. The normalized spacial score (nSPS) is 20.6. The van der Waals surface area contributed by atoms with Gasteiger partial charge in [0.05, 0.1) is 4.90 Å². The monoisotopic (exact) mass is 391 g/mol. The molecule has 1 N–H and O–H groups in total. The van der Waals surface area contributed by atoms with Crippen molar-refractivity contribution in [3.8, 4) is 0 Å². The van der Waals surface area contributed by atoms with Crippen molar-refractivity contribution >= 4 is 27.5 Å². The Balaban J connectivity index is 1.72. The Hall–Kier alpha value is -1.89. The van der Waals surface area contributed by atoms with Crippen LogP contribution < -0.4 is 5.32 Å². The van der Waals surface area contributed by atoms with E-state index < -0.39 is 10.0 Å². The summed E-state index contributed by atoms with van der Waals surface area (Å²) in [4.78, 5) is 14.3. The summed E-state index contributed by atoms with van der Waals surface area (Å²) >= 11 is 0. The van der Waals surface area contributed by atoms with Crippen molar-refractivity contribution in [2.75, 3.05) is 18.9 Å². The lowest BCUT2D eigenvalue weighted by Gasteiger charge is -2.17. The van der Waals surface area contributed by atoms with E-state index in [0.29, 0.717) is 30.3 Å². The summed E-state index contributed by atoms with van der Waals surface area (Å²) in [6.45, 7) is 0.825. The highest BCUT2D eigenvalue weighted by atomic mass is 32.2. The van der Waals surface area contributed by atoms with Crippen LogP contribution in [0.1, 0.15) is 57.8 Å². The minimum Gasteiger partial charge on any atom is -0.362 e. The average molecular weight is 392 g/mol. The fraction of sp³-hybridized carbons (Fsp3) is 0.600. The predicted molar refractivity (Wildman–Crippen MR) is 107 cm³/mol. The molecule has 6 nitrogen and oxygen atoms in total. The Labute approximate surface area is 162 Å². The molecule has 1 aromatic carbocycles.